The third-order valence-electron chi connectivity index (χ3n) is 3.75. The van der Waals surface area contributed by atoms with Crippen LogP contribution in [0.15, 0.2) is 54.9 Å². The Morgan fingerprint density at radius 1 is 0.955 bits per heavy atom. The zero-order valence-corrected chi connectivity index (χ0v) is 12.7. The smallest absolute Gasteiger partial charge is 0.147 e. The molecule has 2 aromatic heterocycles. The molecule has 0 aliphatic carbocycles. The Morgan fingerprint density at radius 2 is 1.77 bits per heavy atom. The number of anilines is 1. The van der Waals surface area contributed by atoms with Crippen LogP contribution in [-0.2, 0) is 0 Å². The topological polar surface area (TPSA) is 58.0 Å². The van der Waals surface area contributed by atoms with Crippen LogP contribution in [0.4, 0.5) is 5.82 Å². The van der Waals surface area contributed by atoms with Gasteiger partial charge < -0.3 is 10.4 Å². The molecule has 0 saturated heterocycles. The van der Waals surface area contributed by atoms with Gasteiger partial charge in [0.05, 0.1) is 6.04 Å². The zero-order valence-electron chi connectivity index (χ0n) is 12.7. The van der Waals surface area contributed by atoms with Crippen LogP contribution in [-0.4, -0.2) is 15.1 Å². The number of pyridine rings is 2. The third-order valence-corrected chi connectivity index (χ3v) is 3.75. The van der Waals surface area contributed by atoms with Crippen molar-refractivity contribution < 1.29 is 5.11 Å². The van der Waals surface area contributed by atoms with E-state index >= 15 is 0 Å². The van der Waals surface area contributed by atoms with Gasteiger partial charge in [0.1, 0.15) is 17.1 Å². The minimum Gasteiger partial charge on any atom is -0.505 e. The summed E-state index contributed by atoms with van der Waals surface area (Å²) in [6, 6.07) is 13.5. The standard InChI is InChI=1S/C18H19N3O/c1-12(2)16(21-15-7-3-4-10-19-15)14-9-8-13-6-5-11-20-17(13)18(14)22/h3-12,16,22H,1-2H3,(H,19,21). The van der Waals surface area contributed by atoms with E-state index in [0.717, 1.165) is 16.8 Å². The fraction of sp³-hybridized carbons (Fsp3) is 0.222. The van der Waals surface area contributed by atoms with Crippen LogP contribution in [0.5, 0.6) is 5.75 Å². The Kier molecular flexibility index (Phi) is 3.92. The lowest BCUT2D eigenvalue weighted by Gasteiger charge is -2.24. The fourth-order valence-electron chi connectivity index (χ4n) is 2.61. The first kappa shape index (κ1) is 14.3. The molecule has 0 spiro atoms. The van der Waals surface area contributed by atoms with Crippen LogP contribution in [0, 0.1) is 5.92 Å². The predicted molar refractivity (Wildman–Crippen MR) is 88.8 cm³/mol. The second kappa shape index (κ2) is 6.02. The number of hydrogen-bond acceptors (Lipinski definition) is 4. The van der Waals surface area contributed by atoms with Gasteiger partial charge in [-0.25, -0.2) is 4.98 Å². The summed E-state index contributed by atoms with van der Waals surface area (Å²) in [7, 11) is 0. The van der Waals surface area contributed by atoms with Crippen LogP contribution in [0.2, 0.25) is 0 Å². The quantitative estimate of drug-likeness (QED) is 0.759. The fourth-order valence-corrected chi connectivity index (χ4v) is 2.61. The normalized spacial score (nSPS) is 12.5. The van der Waals surface area contributed by atoms with E-state index in [1.54, 1.807) is 12.4 Å². The monoisotopic (exact) mass is 293 g/mol. The average Bonchev–Trinajstić information content (AvgIpc) is 2.54. The molecule has 1 aromatic carbocycles. The van der Waals surface area contributed by atoms with Crippen molar-refractivity contribution in [3.05, 3.63) is 60.4 Å². The molecule has 4 heteroatoms. The lowest BCUT2D eigenvalue weighted by atomic mass is 9.94. The molecular weight excluding hydrogens is 274 g/mol. The molecule has 0 bridgehead atoms. The SMILES string of the molecule is CC(C)C(Nc1ccccn1)c1ccc2cccnc2c1O. The molecule has 1 unspecified atom stereocenters. The highest BCUT2D eigenvalue weighted by molar-refractivity contribution is 5.85. The van der Waals surface area contributed by atoms with E-state index in [1.807, 2.05) is 42.5 Å². The summed E-state index contributed by atoms with van der Waals surface area (Å²) in [6.07, 6.45) is 3.45. The van der Waals surface area contributed by atoms with Gasteiger partial charge in [0, 0.05) is 23.3 Å². The van der Waals surface area contributed by atoms with Crippen molar-refractivity contribution >= 4 is 16.7 Å². The molecule has 2 heterocycles. The third kappa shape index (κ3) is 2.72. The van der Waals surface area contributed by atoms with E-state index < -0.39 is 0 Å². The molecule has 0 radical (unpaired) electrons. The van der Waals surface area contributed by atoms with Crippen LogP contribution < -0.4 is 5.32 Å². The first-order chi connectivity index (χ1) is 10.7. The van der Waals surface area contributed by atoms with Crippen molar-refractivity contribution in [1.82, 2.24) is 9.97 Å². The number of fused-ring (bicyclic) bond motifs is 1. The van der Waals surface area contributed by atoms with E-state index in [0.29, 0.717) is 5.52 Å². The second-order valence-corrected chi connectivity index (χ2v) is 5.66. The lowest BCUT2D eigenvalue weighted by molar-refractivity contribution is 0.453. The highest BCUT2D eigenvalue weighted by Gasteiger charge is 2.21. The number of nitrogens with zero attached hydrogens (tertiary/aromatic N) is 2. The largest absolute Gasteiger partial charge is 0.505 e. The highest BCUT2D eigenvalue weighted by Crippen LogP contribution is 2.35. The first-order valence-electron chi connectivity index (χ1n) is 7.41. The zero-order chi connectivity index (χ0) is 15.5. The number of aromatic nitrogens is 2. The summed E-state index contributed by atoms with van der Waals surface area (Å²) in [4.78, 5) is 8.61. The second-order valence-electron chi connectivity index (χ2n) is 5.66. The molecule has 2 N–H and O–H groups in total. The van der Waals surface area contributed by atoms with Crippen molar-refractivity contribution in [3.8, 4) is 5.75 Å². The van der Waals surface area contributed by atoms with E-state index in [9.17, 15) is 5.11 Å². The van der Waals surface area contributed by atoms with Crippen LogP contribution in [0.25, 0.3) is 10.9 Å². The van der Waals surface area contributed by atoms with Crippen molar-refractivity contribution in [1.29, 1.82) is 0 Å². The maximum atomic E-state index is 10.6. The molecule has 0 saturated carbocycles. The van der Waals surface area contributed by atoms with E-state index in [2.05, 4.69) is 29.1 Å². The lowest BCUT2D eigenvalue weighted by Crippen LogP contribution is -2.17. The number of rotatable bonds is 4. The minimum absolute atomic E-state index is 0.0405. The van der Waals surface area contributed by atoms with E-state index in [1.165, 1.54) is 0 Å². The molecule has 1 atom stereocenters. The van der Waals surface area contributed by atoms with Crippen LogP contribution in [0.3, 0.4) is 0 Å². The number of hydrogen-bond donors (Lipinski definition) is 2. The summed E-state index contributed by atoms with van der Waals surface area (Å²) >= 11 is 0. The van der Waals surface area contributed by atoms with Crippen molar-refractivity contribution in [2.45, 2.75) is 19.9 Å². The summed E-state index contributed by atoms with van der Waals surface area (Å²) < 4.78 is 0. The Labute approximate surface area is 129 Å². The molecule has 3 rings (SSSR count). The molecule has 4 nitrogen and oxygen atoms in total. The number of nitrogens with one attached hydrogen (secondary N) is 1. The summed E-state index contributed by atoms with van der Waals surface area (Å²) in [6.45, 7) is 4.23. The molecular formula is C18H19N3O. The van der Waals surface area contributed by atoms with Gasteiger partial charge in [-0.3, -0.25) is 4.98 Å². The number of phenols is 1. The van der Waals surface area contributed by atoms with Gasteiger partial charge in [-0.05, 0) is 24.1 Å². The molecule has 0 amide bonds. The Hall–Kier alpha value is -2.62. The first-order valence-corrected chi connectivity index (χ1v) is 7.41. The van der Waals surface area contributed by atoms with E-state index in [-0.39, 0.29) is 17.7 Å². The number of benzene rings is 1. The summed E-state index contributed by atoms with van der Waals surface area (Å²) in [5.74, 6) is 1.32. The van der Waals surface area contributed by atoms with E-state index in [4.69, 9.17) is 0 Å². The van der Waals surface area contributed by atoms with Gasteiger partial charge >= 0.3 is 0 Å². The molecule has 0 aliphatic rings. The molecule has 0 aliphatic heterocycles. The van der Waals surface area contributed by atoms with Crippen LogP contribution in [0.1, 0.15) is 25.5 Å². The van der Waals surface area contributed by atoms with Crippen molar-refractivity contribution in [2.24, 2.45) is 5.92 Å². The number of phenolic OH excluding ortho intramolecular Hbond substituents is 1. The minimum atomic E-state index is -0.0405. The maximum Gasteiger partial charge on any atom is 0.147 e. The molecule has 3 aromatic rings. The maximum absolute atomic E-state index is 10.6. The van der Waals surface area contributed by atoms with Gasteiger partial charge in [-0.1, -0.05) is 38.1 Å². The average molecular weight is 293 g/mol. The summed E-state index contributed by atoms with van der Waals surface area (Å²) in [5, 5.41) is 15.0. The van der Waals surface area contributed by atoms with Gasteiger partial charge in [0.2, 0.25) is 0 Å². The van der Waals surface area contributed by atoms with Gasteiger partial charge in [-0.15, -0.1) is 0 Å². The summed E-state index contributed by atoms with van der Waals surface area (Å²) in [5.41, 5.74) is 1.47. The van der Waals surface area contributed by atoms with Crippen LogP contribution >= 0.6 is 0 Å². The van der Waals surface area contributed by atoms with Crippen molar-refractivity contribution in [2.75, 3.05) is 5.32 Å². The van der Waals surface area contributed by atoms with Gasteiger partial charge in [0.15, 0.2) is 0 Å². The predicted octanol–water partition coefficient (Wildman–Crippen LogP) is 4.14. The molecule has 22 heavy (non-hydrogen) atoms. The Balaban J connectivity index is 2.03. The van der Waals surface area contributed by atoms with Crippen molar-refractivity contribution in [3.63, 3.8) is 0 Å². The Bertz CT molecular complexity index is 772. The molecule has 112 valence electrons. The molecule has 0 fully saturated rings. The van der Waals surface area contributed by atoms with Gasteiger partial charge in [-0.2, -0.15) is 0 Å². The Morgan fingerprint density at radius 3 is 2.50 bits per heavy atom. The number of aromatic hydroxyl groups is 1. The highest BCUT2D eigenvalue weighted by atomic mass is 16.3. The van der Waals surface area contributed by atoms with Gasteiger partial charge in [0.25, 0.3) is 0 Å².